The van der Waals surface area contributed by atoms with Crippen molar-refractivity contribution in [3.8, 4) is 0 Å². The van der Waals surface area contributed by atoms with Crippen molar-refractivity contribution < 1.29 is 92.2 Å². The van der Waals surface area contributed by atoms with Gasteiger partial charge in [-0.3, -0.25) is 0 Å². The molecule has 1 aliphatic heterocycles. The van der Waals surface area contributed by atoms with Crippen LogP contribution in [-0.2, 0) is 0 Å². The van der Waals surface area contributed by atoms with E-state index in [1.54, 1.807) is 0 Å². The average Bonchev–Trinajstić information content (AvgIpc) is 2.57. The average molecular weight is 545 g/mol. The van der Waals surface area contributed by atoms with Crippen LogP contribution in [0.2, 0.25) is 0 Å². The highest BCUT2D eigenvalue weighted by Gasteiger charge is 3.08. The highest BCUT2D eigenvalue weighted by atomic mass is 19.4. The summed E-state index contributed by atoms with van der Waals surface area (Å²) in [7, 11) is 0. The first kappa shape index (κ1) is 27.7. The molecule has 0 unspecified atom stereocenters. The monoisotopic (exact) mass is 545 g/mol. The van der Waals surface area contributed by atoms with Gasteiger partial charge >= 0.3 is 65.3 Å². The van der Waals surface area contributed by atoms with Gasteiger partial charge < -0.3 is 0 Å². The number of likely N-dealkylation sites (tertiary alicyclic amines) is 1. The van der Waals surface area contributed by atoms with Crippen LogP contribution in [0, 0.1) is 0 Å². The SMILES string of the molecule is FC1(F)N(C2(F)C(F)(F)C(F)(F)C(F)(F)C(F)(F)C2(F)F)C(F)(F)C(F)(F)C(F)(F)C1(F)F. The maximum Gasteiger partial charge on any atom is 0.393 e. The summed E-state index contributed by atoms with van der Waals surface area (Å²) in [6.45, 7) is 0. The Kier molecular flexibility index (Phi) is 4.89. The molecular formula is C11F21N. The van der Waals surface area contributed by atoms with Crippen LogP contribution in [0.5, 0.6) is 0 Å². The first-order chi connectivity index (χ1) is 13.9. The molecule has 0 amide bonds. The Morgan fingerprint density at radius 2 is 0.424 bits per heavy atom. The maximum atomic E-state index is 14.5. The van der Waals surface area contributed by atoms with Crippen molar-refractivity contribution in [2.75, 3.05) is 0 Å². The molecule has 0 aromatic rings. The van der Waals surface area contributed by atoms with E-state index < -0.39 is 70.2 Å². The van der Waals surface area contributed by atoms with E-state index in [1.165, 1.54) is 0 Å². The van der Waals surface area contributed by atoms with Gasteiger partial charge in [0.1, 0.15) is 0 Å². The quantitative estimate of drug-likeness (QED) is 0.279. The van der Waals surface area contributed by atoms with Crippen molar-refractivity contribution >= 4 is 0 Å². The van der Waals surface area contributed by atoms with Crippen LogP contribution in [0.3, 0.4) is 0 Å². The van der Waals surface area contributed by atoms with Crippen LogP contribution in [0.1, 0.15) is 0 Å². The predicted octanol–water partition coefficient (Wildman–Crippen LogP) is 6.25. The highest BCUT2D eigenvalue weighted by Crippen LogP contribution is 2.75. The molecule has 0 spiro atoms. The van der Waals surface area contributed by atoms with Crippen molar-refractivity contribution in [2.45, 2.75) is 65.3 Å². The zero-order valence-corrected chi connectivity index (χ0v) is 13.9. The zero-order valence-electron chi connectivity index (χ0n) is 13.9. The number of piperidine rings is 1. The normalized spacial score (nSPS) is 35.5. The molecule has 22 heteroatoms. The molecule has 2 rings (SSSR count). The van der Waals surface area contributed by atoms with Gasteiger partial charge in [0.15, 0.2) is 0 Å². The minimum Gasteiger partial charge on any atom is -0.212 e. The van der Waals surface area contributed by atoms with Gasteiger partial charge in [0.2, 0.25) is 0 Å². The fraction of sp³-hybridized carbons (Fsp3) is 1.00. The predicted molar refractivity (Wildman–Crippen MR) is 55.1 cm³/mol. The molecule has 0 atom stereocenters. The minimum atomic E-state index is -8.99. The largest absolute Gasteiger partial charge is 0.393 e. The fourth-order valence-corrected chi connectivity index (χ4v) is 2.90. The summed E-state index contributed by atoms with van der Waals surface area (Å²) in [5.74, 6) is -76.7. The molecule has 196 valence electrons. The Morgan fingerprint density at radius 3 is 0.667 bits per heavy atom. The summed E-state index contributed by atoms with van der Waals surface area (Å²) in [6.07, 6.45) is 0. The van der Waals surface area contributed by atoms with Crippen molar-refractivity contribution in [1.82, 2.24) is 4.90 Å². The summed E-state index contributed by atoms with van der Waals surface area (Å²) in [5, 5.41) is 0. The third kappa shape index (κ3) is 2.18. The second-order valence-electron chi connectivity index (χ2n) is 6.64. The van der Waals surface area contributed by atoms with Crippen molar-refractivity contribution in [3.63, 3.8) is 0 Å². The van der Waals surface area contributed by atoms with E-state index in [1.807, 2.05) is 0 Å². The molecule has 0 radical (unpaired) electrons. The number of alkyl halides is 21. The molecular weight excluding hydrogens is 545 g/mol. The molecule has 1 nitrogen and oxygen atoms in total. The Bertz CT molecular complexity index is 777. The second-order valence-corrected chi connectivity index (χ2v) is 6.64. The van der Waals surface area contributed by atoms with E-state index >= 15 is 0 Å². The summed E-state index contributed by atoms with van der Waals surface area (Å²) < 4.78 is 283. The van der Waals surface area contributed by atoms with Gasteiger partial charge in [0.25, 0.3) is 0 Å². The first-order valence-corrected chi connectivity index (χ1v) is 7.14. The third-order valence-corrected chi connectivity index (χ3v) is 4.82. The lowest BCUT2D eigenvalue weighted by molar-refractivity contribution is -0.579. The van der Waals surface area contributed by atoms with E-state index in [0.29, 0.717) is 0 Å². The van der Waals surface area contributed by atoms with Gasteiger partial charge in [-0.15, -0.1) is 4.90 Å². The summed E-state index contributed by atoms with van der Waals surface area (Å²) in [4.78, 5) is -5.04. The number of nitrogens with zero attached hydrogens (tertiary/aromatic N) is 1. The van der Waals surface area contributed by atoms with Crippen LogP contribution in [0.15, 0.2) is 0 Å². The molecule has 0 N–H and O–H groups in total. The lowest BCUT2D eigenvalue weighted by Gasteiger charge is -2.60. The van der Waals surface area contributed by atoms with E-state index in [9.17, 15) is 92.2 Å². The molecule has 0 bridgehead atoms. The van der Waals surface area contributed by atoms with Gasteiger partial charge in [-0.05, 0) is 0 Å². The number of hydrogen-bond acceptors (Lipinski definition) is 1. The molecule has 2 aliphatic rings. The second kappa shape index (κ2) is 5.82. The minimum absolute atomic E-state index is 5.04. The first-order valence-electron chi connectivity index (χ1n) is 7.14. The van der Waals surface area contributed by atoms with E-state index in [-0.39, 0.29) is 0 Å². The van der Waals surface area contributed by atoms with Crippen molar-refractivity contribution in [2.24, 2.45) is 0 Å². The molecule has 2 fully saturated rings. The van der Waals surface area contributed by atoms with Crippen LogP contribution in [0.25, 0.3) is 0 Å². The van der Waals surface area contributed by atoms with Crippen LogP contribution < -0.4 is 0 Å². The molecule has 0 aromatic heterocycles. The van der Waals surface area contributed by atoms with Crippen LogP contribution in [-0.4, -0.2) is 70.2 Å². The Morgan fingerprint density at radius 1 is 0.242 bits per heavy atom. The summed E-state index contributed by atoms with van der Waals surface area (Å²) >= 11 is 0. The van der Waals surface area contributed by atoms with Crippen molar-refractivity contribution in [3.05, 3.63) is 0 Å². The molecule has 1 saturated carbocycles. The van der Waals surface area contributed by atoms with Gasteiger partial charge in [0.05, 0.1) is 0 Å². The van der Waals surface area contributed by atoms with Crippen LogP contribution >= 0.6 is 0 Å². The number of rotatable bonds is 1. The molecule has 1 saturated heterocycles. The Balaban J connectivity index is 3.16. The van der Waals surface area contributed by atoms with E-state index in [2.05, 4.69) is 0 Å². The van der Waals surface area contributed by atoms with Gasteiger partial charge in [-0.25, -0.2) is 4.39 Å². The number of hydrogen-bond donors (Lipinski definition) is 0. The molecule has 1 heterocycles. The summed E-state index contributed by atoms with van der Waals surface area (Å²) in [5.41, 5.74) is 0. The van der Waals surface area contributed by atoms with Gasteiger partial charge in [-0.2, -0.15) is 87.8 Å². The lowest BCUT2D eigenvalue weighted by Crippen LogP contribution is -2.94. The molecule has 33 heavy (non-hydrogen) atoms. The highest BCUT2D eigenvalue weighted by molar-refractivity contribution is 5.30. The maximum absolute atomic E-state index is 14.5. The molecule has 1 aliphatic carbocycles. The third-order valence-electron chi connectivity index (χ3n) is 4.82. The fourth-order valence-electron chi connectivity index (χ4n) is 2.90. The van der Waals surface area contributed by atoms with E-state index in [4.69, 9.17) is 0 Å². The molecule has 0 aromatic carbocycles. The Hall–Kier alpha value is -1.51. The zero-order chi connectivity index (χ0) is 27.1. The smallest absolute Gasteiger partial charge is 0.212 e. The van der Waals surface area contributed by atoms with Gasteiger partial charge in [0, 0.05) is 0 Å². The lowest BCUT2D eigenvalue weighted by atomic mass is 9.74. The van der Waals surface area contributed by atoms with E-state index in [0.717, 1.165) is 0 Å². The number of halogens is 21. The summed E-state index contributed by atoms with van der Waals surface area (Å²) in [6, 6.07) is -17.1. The topological polar surface area (TPSA) is 3.24 Å². The Labute approximate surface area is 164 Å². The standard InChI is InChI=1S/C11F21N/c12-1(13)2(14,15)5(20,21)9(28,6(22,23)3(1,16)17)33-10(29,30)7(24,25)4(18,19)8(26,27)11(33,31)32. The van der Waals surface area contributed by atoms with Crippen LogP contribution in [0.4, 0.5) is 92.2 Å². The van der Waals surface area contributed by atoms with Crippen molar-refractivity contribution in [1.29, 1.82) is 0 Å². The van der Waals surface area contributed by atoms with Gasteiger partial charge in [-0.1, -0.05) is 0 Å².